The van der Waals surface area contributed by atoms with E-state index in [-0.39, 0.29) is 23.5 Å². The van der Waals surface area contributed by atoms with Crippen LogP contribution in [-0.2, 0) is 23.8 Å². The van der Waals surface area contributed by atoms with Crippen molar-refractivity contribution >= 4 is 29.8 Å². The van der Waals surface area contributed by atoms with Crippen LogP contribution in [-0.4, -0.2) is 60.8 Å². The Morgan fingerprint density at radius 2 is 1.51 bits per heavy atom. The van der Waals surface area contributed by atoms with Gasteiger partial charge in [-0.05, 0) is 74.7 Å². The normalized spacial score (nSPS) is 27.5. The summed E-state index contributed by atoms with van der Waals surface area (Å²) in [6, 6.07) is 0. The lowest BCUT2D eigenvalue weighted by atomic mass is 9.89. The fourth-order valence-corrected chi connectivity index (χ4v) is 6.17. The number of nitrogens with zero attached hydrogens (tertiary/aromatic N) is 2. The van der Waals surface area contributed by atoms with Crippen LogP contribution >= 0.6 is 11.8 Å². The highest BCUT2D eigenvalue weighted by Crippen LogP contribution is 2.66. The van der Waals surface area contributed by atoms with E-state index < -0.39 is 52.2 Å². The molecule has 2 N–H and O–H groups in total. The molecule has 10 nitrogen and oxygen atoms in total. The second-order valence-electron chi connectivity index (χ2n) is 13.3. The summed E-state index contributed by atoms with van der Waals surface area (Å²) in [5.74, 6) is -1.38. The van der Waals surface area contributed by atoms with Gasteiger partial charge in [-0.2, -0.15) is 0 Å². The minimum Gasteiger partial charge on any atom is -0.460 e. The number of aromatic nitrogens is 3. The number of nitrogens with one attached hydrogen (secondary N) is 2. The molecular formula is C26H42N4O6S. The molecule has 2 aliphatic carbocycles. The van der Waals surface area contributed by atoms with Gasteiger partial charge < -0.3 is 24.5 Å². The number of ether oxygens (including phenoxy) is 3. The lowest BCUT2D eigenvalue weighted by Gasteiger charge is -2.35. The molecule has 2 fully saturated rings. The number of carbonyl (C=O) groups is 3. The maximum atomic E-state index is 13.8. The predicted octanol–water partition coefficient (Wildman–Crippen LogP) is 4.60. The average molecular weight is 539 g/mol. The van der Waals surface area contributed by atoms with Crippen LogP contribution in [0.3, 0.4) is 0 Å². The van der Waals surface area contributed by atoms with Gasteiger partial charge in [-0.15, -0.1) is 10.2 Å². The van der Waals surface area contributed by atoms with Crippen LogP contribution in [0.25, 0.3) is 0 Å². The molecule has 11 heteroatoms. The summed E-state index contributed by atoms with van der Waals surface area (Å²) in [4.78, 5) is 43.3. The van der Waals surface area contributed by atoms with Crippen LogP contribution in [0.2, 0.25) is 0 Å². The van der Waals surface area contributed by atoms with Crippen molar-refractivity contribution < 1.29 is 28.6 Å². The molecule has 3 rings (SSSR count). The summed E-state index contributed by atoms with van der Waals surface area (Å²) in [6.45, 7) is 20.0. The zero-order valence-electron chi connectivity index (χ0n) is 23.8. The lowest BCUT2D eigenvalue weighted by Crippen LogP contribution is -2.59. The van der Waals surface area contributed by atoms with Gasteiger partial charge in [-0.3, -0.25) is 4.79 Å². The van der Waals surface area contributed by atoms with Crippen LogP contribution in [0.15, 0.2) is 5.16 Å². The van der Waals surface area contributed by atoms with E-state index in [2.05, 4.69) is 20.5 Å². The van der Waals surface area contributed by atoms with Gasteiger partial charge in [0.05, 0.1) is 5.92 Å². The van der Waals surface area contributed by atoms with Crippen molar-refractivity contribution in [3.05, 3.63) is 5.82 Å². The molecule has 0 spiro atoms. The molecule has 0 unspecified atom stereocenters. The quantitative estimate of drug-likeness (QED) is 0.394. The first-order valence-corrected chi connectivity index (χ1v) is 13.7. The Morgan fingerprint density at radius 3 is 2.00 bits per heavy atom. The highest BCUT2D eigenvalue weighted by Gasteiger charge is 2.77. The third kappa shape index (κ3) is 6.97. The Morgan fingerprint density at radius 1 is 0.946 bits per heavy atom. The van der Waals surface area contributed by atoms with Crippen LogP contribution in [0.4, 0.5) is 4.79 Å². The van der Waals surface area contributed by atoms with Crippen LogP contribution in [0.1, 0.15) is 94.3 Å². The number of hydrogen-bond donors (Lipinski definition) is 2. The van der Waals surface area contributed by atoms with Gasteiger partial charge in [-0.25, -0.2) is 9.59 Å². The summed E-state index contributed by atoms with van der Waals surface area (Å²) in [5.41, 5.74) is -3.72. The Bertz CT molecular complexity index is 1040. The van der Waals surface area contributed by atoms with Crippen molar-refractivity contribution in [1.29, 1.82) is 0 Å². The standard InChI is InChI=1S/C26H42N4O6S/c1-13(2)18-27-21(30-29-18)37-14-12-26(20(32)35-24(6,7)8,28-22(33)36-25(9,10)11)17-15(14)16(17)19(31)34-23(3,4)5/h13-17H,12H2,1-11H3,(H,28,33)(H,27,29,30)/t14-,15-,16-,17-,26-/m0/s1. The molecule has 1 aromatic rings. The monoisotopic (exact) mass is 538 g/mol. The van der Waals surface area contributed by atoms with Gasteiger partial charge in [0.2, 0.25) is 0 Å². The van der Waals surface area contributed by atoms with Crippen molar-refractivity contribution in [3.8, 4) is 0 Å². The Kier molecular flexibility index (Phi) is 7.73. The van der Waals surface area contributed by atoms with Crippen molar-refractivity contribution in [3.63, 3.8) is 0 Å². The van der Waals surface area contributed by atoms with Gasteiger partial charge in [-0.1, -0.05) is 25.6 Å². The fourth-order valence-electron chi connectivity index (χ4n) is 4.79. The number of fused-ring (bicyclic) bond motifs is 1. The molecule has 0 saturated heterocycles. The Labute approximate surface area is 223 Å². The zero-order chi connectivity index (χ0) is 28.1. The molecular weight excluding hydrogens is 496 g/mol. The van der Waals surface area contributed by atoms with E-state index >= 15 is 0 Å². The first-order valence-electron chi connectivity index (χ1n) is 12.8. The van der Waals surface area contributed by atoms with E-state index in [1.165, 1.54) is 11.8 Å². The third-order valence-electron chi connectivity index (χ3n) is 6.06. The number of hydrogen-bond acceptors (Lipinski definition) is 9. The second kappa shape index (κ2) is 9.78. The third-order valence-corrected chi connectivity index (χ3v) is 7.25. The van der Waals surface area contributed by atoms with E-state index in [0.29, 0.717) is 5.16 Å². The van der Waals surface area contributed by atoms with E-state index in [1.54, 1.807) is 62.3 Å². The molecule has 1 amide bonds. The van der Waals surface area contributed by atoms with E-state index in [4.69, 9.17) is 14.2 Å². The van der Waals surface area contributed by atoms with Crippen LogP contribution in [0.5, 0.6) is 0 Å². The summed E-state index contributed by atoms with van der Waals surface area (Å²) >= 11 is 1.42. The van der Waals surface area contributed by atoms with Gasteiger partial charge in [0.25, 0.3) is 0 Å². The largest absolute Gasteiger partial charge is 0.460 e. The topological polar surface area (TPSA) is 133 Å². The molecule has 0 aliphatic heterocycles. The van der Waals surface area contributed by atoms with E-state index in [1.807, 2.05) is 13.8 Å². The molecule has 0 aromatic carbocycles. The van der Waals surface area contributed by atoms with Crippen molar-refractivity contribution in [1.82, 2.24) is 20.5 Å². The number of aromatic amines is 1. The number of esters is 2. The number of alkyl carbamates (subject to hydrolysis) is 1. The molecule has 0 bridgehead atoms. The first kappa shape index (κ1) is 29.3. The highest BCUT2D eigenvalue weighted by molar-refractivity contribution is 7.99. The Hall–Kier alpha value is -2.30. The van der Waals surface area contributed by atoms with Gasteiger partial charge in [0.1, 0.15) is 28.2 Å². The number of rotatable bonds is 6. The lowest BCUT2D eigenvalue weighted by molar-refractivity contribution is -0.165. The number of thioether (sulfide) groups is 1. The van der Waals surface area contributed by atoms with Gasteiger partial charge in [0.15, 0.2) is 5.16 Å². The van der Waals surface area contributed by atoms with Gasteiger partial charge >= 0.3 is 18.0 Å². The Balaban J connectivity index is 1.99. The summed E-state index contributed by atoms with van der Waals surface area (Å²) in [7, 11) is 0. The minimum atomic E-state index is -1.46. The number of amides is 1. The van der Waals surface area contributed by atoms with Crippen molar-refractivity contribution in [2.75, 3.05) is 0 Å². The molecule has 1 heterocycles. The molecule has 0 radical (unpaired) electrons. The van der Waals surface area contributed by atoms with Crippen LogP contribution in [0, 0.1) is 17.8 Å². The second-order valence-corrected chi connectivity index (χ2v) is 14.5. The number of carbonyl (C=O) groups excluding carboxylic acids is 3. The summed E-state index contributed by atoms with van der Waals surface area (Å²) in [6.07, 6.45) is -0.489. The molecule has 2 saturated carbocycles. The summed E-state index contributed by atoms with van der Waals surface area (Å²) < 4.78 is 17.0. The molecule has 37 heavy (non-hydrogen) atoms. The van der Waals surface area contributed by atoms with Crippen molar-refractivity contribution in [2.24, 2.45) is 17.8 Å². The molecule has 1 aromatic heterocycles. The zero-order valence-corrected chi connectivity index (χ0v) is 24.7. The average Bonchev–Trinajstić information content (AvgIpc) is 3.11. The predicted molar refractivity (Wildman–Crippen MR) is 139 cm³/mol. The maximum Gasteiger partial charge on any atom is 0.408 e. The molecule has 2 aliphatic rings. The van der Waals surface area contributed by atoms with Gasteiger partial charge in [0, 0.05) is 17.1 Å². The summed E-state index contributed by atoms with van der Waals surface area (Å²) in [5, 5.41) is 11.7. The first-order chi connectivity index (χ1) is 16.7. The minimum absolute atomic E-state index is 0.170. The fraction of sp³-hybridized carbons (Fsp3) is 0.808. The van der Waals surface area contributed by atoms with Crippen LogP contribution < -0.4 is 5.32 Å². The molecule has 208 valence electrons. The highest BCUT2D eigenvalue weighted by atomic mass is 32.2. The van der Waals surface area contributed by atoms with E-state index in [0.717, 1.165) is 5.82 Å². The number of H-pyrrole nitrogens is 1. The maximum absolute atomic E-state index is 13.8. The smallest absolute Gasteiger partial charge is 0.408 e. The van der Waals surface area contributed by atoms with Crippen molar-refractivity contribution in [2.45, 2.75) is 121 Å². The SMILES string of the molecule is CC(C)c1nnc(S[C@H]2C[C@@](NC(=O)OC(C)(C)C)(C(=O)OC(C)(C)C)[C@@H]3[C@@H](C(=O)OC(C)(C)C)[C@@H]32)[nH]1. The van der Waals surface area contributed by atoms with E-state index in [9.17, 15) is 14.4 Å². The molecule has 5 atom stereocenters.